The molecule has 0 radical (unpaired) electrons. The Morgan fingerprint density at radius 1 is 1.07 bits per heavy atom. The van der Waals surface area contributed by atoms with E-state index in [0.717, 1.165) is 10.5 Å². The molecule has 1 fully saturated rings. The van der Waals surface area contributed by atoms with Crippen molar-refractivity contribution in [1.29, 1.82) is 0 Å². The number of halogens is 2. The van der Waals surface area contributed by atoms with E-state index in [1.54, 1.807) is 17.8 Å². The lowest BCUT2D eigenvalue weighted by atomic mass is 10.1. The first kappa shape index (κ1) is 21.0. The van der Waals surface area contributed by atoms with Gasteiger partial charge in [0.2, 0.25) is 0 Å². The van der Waals surface area contributed by atoms with Gasteiger partial charge in [-0.05, 0) is 46.6 Å². The molecule has 1 aliphatic carbocycles. The van der Waals surface area contributed by atoms with Gasteiger partial charge in [-0.25, -0.2) is 0 Å². The second-order valence-electron chi connectivity index (χ2n) is 7.31. The third-order valence-corrected chi connectivity index (χ3v) is 6.13. The molecule has 146 valence electrons. The molecular formula is C23H22Cl2O2S. The molecule has 3 unspecified atom stereocenters. The van der Waals surface area contributed by atoms with Crippen LogP contribution in [0, 0.1) is 17.3 Å². The van der Waals surface area contributed by atoms with Crippen molar-refractivity contribution in [3.63, 3.8) is 0 Å². The summed E-state index contributed by atoms with van der Waals surface area (Å²) in [6.07, 6.45) is 3.20. The van der Waals surface area contributed by atoms with E-state index in [0.29, 0.717) is 0 Å². The lowest BCUT2D eigenvalue weighted by molar-refractivity contribution is -0.149. The van der Waals surface area contributed by atoms with E-state index in [-0.39, 0.29) is 27.7 Å². The molecule has 0 aliphatic heterocycles. The summed E-state index contributed by atoms with van der Waals surface area (Å²) >= 11 is 13.2. The zero-order chi connectivity index (χ0) is 20.1. The molecule has 3 rings (SSSR count). The number of allylic oxidation sites excluding steroid dienone is 1. The Labute approximate surface area is 180 Å². The van der Waals surface area contributed by atoms with Crippen LogP contribution in [-0.4, -0.2) is 5.97 Å². The van der Waals surface area contributed by atoms with E-state index >= 15 is 0 Å². The van der Waals surface area contributed by atoms with Crippen LogP contribution >= 0.6 is 35.0 Å². The van der Waals surface area contributed by atoms with Crippen LogP contribution in [0.1, 0.15) is 25.5 Å². The zero-order valence-corrected chi connectivity index (χ0v) is 18.0. The summed E-state index contributed by atoms with van der Waals surface area (Å²) in [7, 11) is 0. The Morgan fingerprint density at radius 2 is 1.68 bits per heavy atom. The number of hydrogen-bond acceptors (Lipinski definition) is 3. The molecule has 2 aromatic carbocycles. The van der Waals surface area contributed by atoms with E-state index in [1.165, 1.54) is 0 Å². The SMILES string of the molecule is CC1(C)C(C=C(Cl)Cl)C1C(=O)OC(/C=C/Sc1ccccc1)c1ccccc1. The molecule has 0 amide bonds. The summed E-state index contributed by atoms with van der Waals surface area (Å²) in [4.78, 5) is 14.0. The lowest BCUT2D eigenvalue weighted by Gasteiger charge is -2.15. The summed E-state index contributed by atoms with van der Waals surface area (Å²) in [6.45, 7) is 4.05. The van der Waals surface area contributed by atoms with Gasteiger partial charge in [0.25, 0.3) is 0 Å². The average molecular weight is 433 g/mol. The van der Waals surface area contributed by atoms with Crippen molar-refractivity contribution in [1.82, 2.24) is 0 Å². The summed E-state index contributed by atoms with van der Waals surface area (Å²) in [5.74, 6) is -0.491. The molecule has 2 aromatic rings. The Kier molecular flexibility index (Phi) is 6.92. The van der Waals surface area contributed by atoms with Crippen LogP contribution in [0.4, 0.5) is 0 Å². The van der Waals surface area contributed by atoms with Crippen molar-refractivity contribution in [2.45, 2.75) is 24.8 Å². The van der Waals surface area contributed by atoms with Crippen molar-refractivity contribution >= 4 is 40.9 Å². The highest BCUT2D eigenvalue weighted by Crippen LogP contribution is 2.60. The number of carbonyl (C=O) groups excluding carboxylic acids is 1. The number of esters is 1. The first-order chi connectivity index (χ1) is 13.4. The van der Waals surface area contributed by atoms with Crippen molar-refractivity contribution < 1.29 is 9.53 Å². The van der Waals surface area contributed by atoms with Gasteiger partial charge in [0.05, 0.1) is 5.92 Å². The van der Waals surface area contributed by atoms with E-state index in [2.05, 4.69) is 0 Å². The molecule has 5 heteroatoms. The van der Waals surface area contributed by atoms with E-state index in [4.69, 9.17) is 27.9 Å². The molecule has 0 saturated heterocycles. The maximum Gasteiger partial charge on any atom is 0.311 e. The van der Waals surface area contributed by atoms with Crippen LogP contribution in [0.2, 0.25) is 0 Å². The van der Waals surface area contributed by atoms with Gasteiger partial charge >= 0.3 is 5.97 Å². The van der Waals surface area contributed by atoms with Crippen molar-refractivity contribution in [3.8, 4) is 0 Å². The molecule has 0 bridgehead atoms. The summed E-state index contributed by atoms with van der Waals surface area (Å²) in [6, 6.07) is 19.8. The van der Waals surface area contributed by atoms with E-state index in [1.807, 2.05) is 86.0 Å². The minimum atomic E-state index is -0.447. The second kappa shape index (κ2) is 9.21. The van der Waals surface area contributed by atoms with E-state index < -0.39 is 6.10 Å². The first-order valence-electron chi connectivity index (χ1n) is 9.06. The summed E-state index contributed by atoms with van der Waals surface area (Å²) in [5, 5.41) is 1.96. The number of thioether (sulfide) groups is 1. The van der Waals surface area contributed by atoms with Gasteiger partial charge in [-0.1, -0.05) is 97.3 Å². The van der Waals surface area contributed by atoms with Gasteiger partial charge in [-0.2, -0.15) is 0 Å². The van der Waals surface area contributed by atoms with Gasteiger partial charge in [0.1, 0.15) is 10.6 Å². The fourth-order valence-corrected chi connectivity index (χ4v) is 4.29. The first-order valence-corrected chi connectivity index (χ1v) is 10.7. The minimum absolute atomic E-state index is 0.0101. The highest BCUT2D eigenvalue weighted by Gasteiger charge is 2.61. The number of benzene rings is 2. The van der Waals surface area contributed by atoms with Gasteiger partial charge in [-0.3, -0.25) is 4.79 Å². The van der Waals surface area contributed by atoms with E-state index in [9.17, 15) is 4.79 Å². The molecule has 3 atom stereocenters. The van der Waals surface area contributed by atoms with Crippen LogP contribution in [0.5, 0.6) is 0 Å². The summed E-state index contributed by atoms with van der Waals surface area (Å²) in [5.41, 5.74) is 0.720. The number of hydrogen-bond donors (Lipinski definition) is 0. The molecule has 0 spiro atoms. The molecule has 0 N–H and O–H groups in total. The molecular weight excluding hydrogens is 411 g/mol. The third-order valence-electron chi connectivity index (χ3n) is 5.04. The molecule has 1 aliphatic rings. The largest absolute Gasteiger partial charge is 0.453 e. The van der Waals surface area contributed by atoms with Crippen molar-refractivity contribution in [2.24, 2.45) is 17.3 Å². The Morgan fingerprint density at radius 3 is 2.29 bits per heavy atom. The number of rotatable bonds is 7. The topological polar surface area (TPSA) is 26.3 Å². The highest BCUT2D eigenvalue weighted by atomic mass is 35.5. The predicted molar refractivity (Wildman–Crippen MR) is 117 cm³/mol. The van der Waals surface area contributed by atoms with Gasteiger partial charge in [0, 0.05) is 4.90 Å². The molecule has 28 heavy (non-hydrogen) atoms. The second-order valence-corrected chi connectivity index (χ2v) is 9.30. The highest BCUT2D eigenvalue weighted by molar-refractivity contribution is 8.02. The maximum absolute atomic E-state index is 12.9. The molecule has 0 heterocycles. The Balaban J connectivity index is 1.73. The number of ether oxygens (including phenoxy) is 1. The Hall–Kier alpha value is -1.68. The quantitative estimate of drug-likeness (QED) is 0.342. The molecule has 2 nitrogen and oxygen atoms in total. The van der Waals surface area contributed by atoms with Crippen LogP contribution < -0.4 is 0 Å². The van der Waals surface area contributed by atoms with Crippen LogP contribution in [0.3, 0.4) is 0 Å². The fraction of sp³-hybridized carbons (Fsp3) is 0.261. The van der Waals surface area contributed by atoms with Crippen molar-refractivity contribution in [2.75, 3.05) is 0 Å². The monoisotopic (exact) mass is 432 g/mol. The van der Waals surface area contributed by atoms with Gasteiger partial charge in [0.15, 0.2) is 0 Å². The average Bonchev–Trinajstić information content (AvgIpc) is 3.21. The fourth-order valence-electron chi connectivity index (χ4n) is 3.32. The van der Waals surface area contributed by atoms with Crippen LogP contribution in [0.25, 0.3) is 0 Å². The smallest absolute Gasteiger partial charge is 0.311 e. The number of carbonyl (C=O) groups is 1. The Bertz CT molecular complexity index is 859. The molecule has 0 aromatic heterocycles. The molecule has 1 saturated carbocycles. The standard InChI is InChI=1S/C23H22Cl2O2S/c1-23(2)18(15-20(24)25)21(23)22(26)27-19(16-9-5-3-6-10-16)13-14-28-17-11-7-4-8-12-17/h3-15,18-19,21H,1-2H3/b14-13+. The van der Waals surface area contributed by atoms with Crippen LogP contribution in [0.15, 0.2) is 87.6 Å². The van der Waals surface area contributed by atoms with Crippen molar-refractivity contribution in [3.05, 3.63) is 88.3 Å². The zero-order valence-electron chi connectivity index (χ0n) is 15.7. The van der Waals surface area contributed by atoms with Crippen LogP contribution in [-0.2, 0) is 9.53 Å². The summed E-state index contributed by atoms with van der Waals surface area (Å²) < 4.78 is 6.08. The third kappa shape index (κ3) is 5.22. The van der Waals surface area contributed by atoms with Gasteiger partial charge < -0.3 is 4.74 Å². The van der Waals surface area contributed by atoms with Gasteiger partial charge in [-0.15, -0.1) is 0 Å². The normalized spacial score (nSPS) is 21.1. The predicted octanol–water partition coefficient (Wildman–Crippen LogP) is 7.17. The minimum Gasteiger partial charge on any atom is -0.453 e. The lowest BCUT2D eigenvalue weighted by Crippen LogP contribution is -2.14. The maximum atomic E-state index is 12.9.